The largest absolute Gasteiger partial charge is 0.466 e. The molecule has 2 nitrogen and oxygen atoms in total. The molecule has 2 heteroatoms. The summed E-state index contributed by atoms with van der Waals surface area (Å²) in [6.07, 6.45) is 4.29. The third-order valence-electron chi connectivity index (χ3n) is 3.40. The Balaban J connectivity index is 5.03. The summed E-state index contributed by atoms with van der Waals surface area (Å²) in [5.74, 6) is -0.136. The van der Waals surface area contributed by atoms with Crippen molar-refractivity contribution in [3.8, 4) is 0 Å². The Morgan fingerprint density at radius 2 is 1.47 bits per heavy atom. The molecule has 0 saturated carbocycles. The number of rotatable bonds is 4. The SMILES string of the molecule is CCOC(=O)C(C)(C)C(C)(C)/C=C/C(C)(C)C. The van der Waals surface area contributed by atoms with Crippen molar-refractivity contribution in [2.24, 2.45) is 16.2 Å². The fourth-order valence-electron chi connectivity index (χ4n) is 1.24. The van der Waals surface area contributed by atoms with E-state index in [1.54, 1.807) is 0 Å². The molecule has 0 N–H and O–H groups in total. The van der Waals surface area contributed by atoms with Gasteiger partial charge in [0.15, 0.2) is 0 Å². The second kappa shape index (κ2) is 5.24. The topological polar surface area (TPSA) is 26.3 Å². The molecule has 0 bridgehead atoms. The molecule has 0 rings (SSSR count). The summed E-state index contributed by atoms with van der Waals surface area (Å²) in [6.45, 7) is 16.8. The van der Waals surface area contributed by atoms with Crippen LogP contribution < -0.4 is 0 Å². The lowest BCUT2D eigenvalue weighted by Crippen LogP contribution is -2.39. The van der Waals surface area contributed by atoms with Crippen LogP contribution in [0.25, 0.3) is 0 Å². The van der Waals surface area contributed by atoms with E-state index in [0.29, 0.717) is 6.61 Å². The van der Waals surface area contributed by atoms with Gasteiger partial charge in [-0.05, 0) is 31.6 Å². The van der Waals surface area contributed by atoms with Crippen molar-refractivity contribution in [3.63, 3.8) is 0 Å². The fourth-order valence-corrected chi connectivity index (χ4v) is 1.24. The van der Waals surface area contributed by atoms with Crippen LogP contribution in [0.4, 0.5) is 0 Å². The minimum Gasteiger partial charge on any atom is -0.466 e. The van der Waals surface area contributed by atoms with E-state index >= 15 is 0 Å². The molecule has 0 spiro atoms. The second-order valence-corrected chi connectivity index (χ2v) is 6.77. The van der Waals surface area contributed by atoms with Gasteiger partial charge < -0.3 is 4.74 Å². The monoisotopic (exact) mass is 240 g/mol. The number of esters is 1. The highest BCUT2D eigenvalue weighted by molar-refractivity contribution is 5.77. The quantitative estimate of drug-likeness (QED) is 0.543. The minimum atomic E-state index is -0.523. The normalized spacial score (nSPS) is 14.1. The number of ether oxygens (including phenoxy) is 1. The van der Waals surface area contributed by atoms with E-state index in [2.05, 4.69) is 46.8 Å². The molecule has 0 fully saturated rings. The smallest absolute Gasteiger partial charge is 0.312 e. The number of carbonyl (C=O) groups is 1. The summed E-state index contributed by atoms with van der Waals surface area (Å²) >= 11 is 0. The van der Waals surface area contributed by atoms with Crippen LogP contribution in [0.1, 0.15) is 55.4 Å². The average Bonchev–Trinajstić information content (AvgIpc) is 2.14. The Bertz CT molecular complexity index is 291. The van der Waals surface area contributed by atoms with Crippen molar-refractivity contribution in [1.82, 2.24) is 0 Å². The van der Waals surface area contributed by atoms with Crippen LogP contribution in [0.2, 0.25) is 0 Å². The lowest BCUT2D eigenvalue weighted by molar-refractivity contribution is -0.158. The molecule has 0 saturated heterocycles. The van der Waals surface area contributed by atoms with Crippen molar-refractivity contribution in [3.05, 3.63) is 12.2 Å². The zero-order valence-electron chi connectivity index (χ0n) is 12.7. The number of hydrogen-bond acceptors (Lipinski definition) is 2. The van der Waals surface area contributed by atoms with Crippen LogP contribution in [0, 0.1) is 16.2 Å². The molecule has 0 heterocycles. The molecular weight excluding hydrogens is 212 g/mol. The molecule has 0 aliphatic carbocycles. The Labute approximate surface area is 106 Å². The zero-order chi connectivity index (χ0) is 13.9. The summed E-state index contributed by atoms with van der Waals surface area (Å²) in [6, 6.07) is 0. The van der Waals surface area contributed by atoms with Gasteiger partial charge in [-0.2, -0.15) is 0 Å². The van der Waals surface area contributed by atoms with E-state index in [-0.39, 0.29) is 16.8 Å². The molecule has 0 aliphatic heterocycles. The second-order valence-electron chi connectivity index (χ2n) is 6.77. The Kier molecular flexibility index (Phi) is 5.00. The molecule has 0 aromatic rings. The van der Waals surface area contributed by atoms with E-state index in [9.17, 15) is 4.79 Å². The molecule has 0 aliphatic rings. The van der Waals surface area contributed by atoms with Crippen LogP contribution in [0.5, 0.6) is 0 Å². The van der Waals surface area contributed by atoms with E-state index in [1.165, 1.54) is 0 Å². The van der Waals surface area contributed by atoms with Crippen LogP contribution in [-0.4, -0.2) is 12.6 Å². The van der Waals surface area contributed by atoms with Crippen LogP contribution in [0.3, 0.4) is 0 Å². The first kappa shape index (κ1) is 16.2. The molecule has 0 amide bonds. The summed E-state index contributed by atoms with van der Waals surface area (Å²) in [5.41, 5.74) is -0.626. The number of hydrogen-bond donors (Lipinski definition) is 0. The molecule has 17 heavy (non-hydrogen) atoms. The maximum Gasteiger partial charge on any atom is 0.312 e. The maximum atomic E-state index is 12.0. The molecule has 100 valence electrons. The van der Waals surface area contributed by atoms with Gasteiger partial charge in [0.05, 0.1) is 12.0 Å². The van der Waals surface area contributed by atoms with Crippen molar-refractivity contribution >= 4 is 5.97 Å². The van der Waals surface area contributed by atoms with E-state index in [1.807, 2.05) is 20.8 Å². The molecule has 0 aromatic heterocycles. The summed E-state index contributed by atoms with van der Waals surface area (Å²) in [7, 11) is 0. The predicted molar refractivity (Wildman–Crippen MR) is 72.8 cm³/mol. The van der Waals surface area contributed by atoms with Crippen LogP contribution in [0.15, 0.2) is 12.2 Å². The first-order chi connectivity index (χ1) is 7.44. The molecular formula is C15H28O2. The lowest BCUT2D eigenvalue weighted by Gasteiger charge is -2.37. The summed E-state index contributed by atoms with van der Waals surface area (Å²) in [4.78, 5) is 12.0. The van der Waals surface area contributed by atoms with Gasteiger partial charge in [-0.3, -0.25) is 4.79 Å². The first-order valence-corrected chi connectivity index (χ1v) is 6.31. The highest BCUT2D eigenvalue weighted by atomic mass is 16.5. The predicted octanol–water partition coefficient (Wildman–Crippen LogP) is 4.20. The fraction of sp³-hybridized carbons (Fsp3) is 0.800. The van der Waals surface area contributed by atoms with E-state index in [0.717, 1.165) is 0 Å². The highest BCUT2D eigenvalue weighted by Crippen LogP contribution is 2.41. The number of allylic oxidation sites excluding steroid dienone is 2. The highest BCUT2D eigenvalue weighted by Gasteiger charge is 2.42. The molecule has 0 radical (unpaired) electrons. The molecule has 0 unspecified atom stereocenters. The van der Waals surface area contributed by atoms with Crippen molar-refractivity contribution in [1.29, 1.82) is 0 Å². The van der Waals surface area contributed by atoms with Crippen molar-refractivity contribution < 1.29 is 9.53 Å². The molecule has 0 atom stereocenters. The van der Waals surface area contributed by atoms with E-state index in [4.69, 9.17) is 4.74 Å². The zero-order valence-corrected chi connectivity index (χ0v) is 12.7. The lowest BCUT2D eigenvalue weighted by atomic mass is 9.67. The first-order valence-electron chi connectivity index (χ1n) is 6.31. The van der Waals surface area contributed by atoms with Gasteiger partial charge in [-0.25, -0.2) is 0 Å². The third kappa shape index (κ3) is 4.53. The maximum absolute atomic E-state index is 12.0. The van der Waals surface area contributed by atoms with Gasteiger partial charge >= 0.3 is 5.97 Å². The van der Waals surface area contributed by atoms with Crippen LogP contribution >= 0.6 is 0 Å². The van der Waals surface area contributed by atoms with Crippen molar-refractivity contribution in [2.45, 2.75) is 55.4 Å². The Hall–Kier alpha value is -0.790. The van der Waals surface area contributed by atoms with Gasteiger partial charge in [-0.15, -0.1) is 0 Å². The van der Waals surface area contributed by atoms with Gasteiger partial charge in [0.25, 0.3) is 0 Å². The van der Waals surface area contributed by atoms with Gasteiger partial charge in [-0.1, -0.05) is 46.8 Å². The molecule has 0 aromatic carbocycles. The summed E-state index contributed by atoms with van der Waals surface area (Å²) < 4.78 is 5.15. The third-order valence-corrected chi connectivity index (χ3v) is 3.40. The van der Waals surface area contributed by atoms with E-state index < -0.39 is 5.41 Å². The van der Waals surface area contributed by atoms with Gasteiger partial charge in [0.2, 0.25) is 0 Å². The minimum absolute atomic E-state index is 0.127. The van der Waals surface area contributed by atoms with Crippen LogP contribution in [-0.2, 0) is 9.53 Å². The van der Waals surface area contributed by atoms with Gasteiger partial charge in [0, 0.05) is 0 Å². The standard InChI is InChI=1S/C15H28O2/c1-9-17-12(16)15(7,8)14(5,6)11-10-13(2,3)4/h10-11H,9H2,1-8H3/b11-10+. The Morgan fingerprint density at radius 3 is 1.82 bits per heavy atom. The van der Waals surface area contributed by atoms with Gasteiger partial charge in [0.1, 0.15) is 0 Å². The summed E-state index contributed by atoms with van der Waals surface area (Å²) in [5, 5.41) is 0. The van der Waals surface area contributed by atoms with Crippen molar-refractivity contribution in [2.75, 3.05) is 6.61 Å². The Morgan fingerprint density at radius 1 is 1.00 bits per heavy atom. The average molecular weight is 240 g/mol. The number of carbonyl (C=O) groups excluding carboxylic acids is 1.